The number of aryl methyl sites for hydroxylation is 1. The van der Waals surface area contributed by atoms with Crippen LogP contribution in [0, 0.1) is 12.8 Å². The van der Waals surface area contributed by atoms with E-state index in [9.17, 15) is 8.42 Å². The fraction of sp³-hybridized carbons (Fsp3) is 0.692. The van der Waals surface area contributed by atoms with Crippen molar-refractivity contribution in [3.8, 4) is 0 Å². The predicted molar refractivity (Wildman–Crippen MR) is 80.3 cm³/mol. The van der Waals surface area contributed by atoms with Gasteiger partial charge in [0, 0.05) is 36.5 Å². The van der Waals surface area contributed by atoms with Crippen molar-refractivity contribution >= 4 is 21.4 Å². The second kappa shape index (κ2) is 6.53. The third-order valence-corrected chi connectivity index (χ3v) is 6.60. The van der Waals surface area contributed by atoms with E-state index in [1.807, 2.05) is 6.92 Å². The molecule has 1 aliphatic carbocycles. The number of nitrogens with zero attached hydrogens (tertiary/aromatic N) is 1. The summed E-state index contributed by atoms with van der Waals surface area (Å²) in [7, 11) is -1.84. The molecule has 1 aromatic heterocycles. The Hall–Kier alpha value is -0.470. The lowest BCUT2D eigenvalue weighted by atomic mass is 10.4. The van der Waals surface area contributed by atoms with E-state index in [1.165, 1.54) is 28.5 Å². The van der Waals surface area contributed by atoms with Gasteiger partial charge in [0.1, 0.15) is 0 Å². The van der Waals surface area contributed by atoms with Gasteiger partial charge in [-0.15, -0.1) is 11.3 Å². The second-order valence-corrected chi connectivity index (χ2v) is 8.54. The maximum atomic E-state index is 12.5. The molecule has 0 aromatic carbocycles. The minimum atomic E-state index is -3.44. The summed E-state index contributed by atoms with van der Waals surface area (Å²) >= 11 is 1.44. The highest BCUT2D eigenvalue weighted by Gasteiger charge is 2.25. The maximum Gasteiger partial charge on any atom is 0.244 e. The van der Waals surface area contributed by atoms with E-state index in [0.717, 1.165) is 16.4 Å². The van der Waals surface area contributed by atoms with Crippen molar-refractivity contribution in [2.24, 2.45) is 11.7 Å². The van der Waals surface area contributed by atoms with Crippen molar-refractivity contribution in [1.29, 1.82) is 0 Å². The van der Waals surface area contributed by atoms with Gasteiger partial charge >= 0.3 is 0 Å². The van der Waals surface area contributed by atoms with Crippen molar-refractivity contribution in [1.82, 2.24) is 4.31 Å². The van der Waals surface area contributed by atoms with Crippen LogP contribution in [0.1, 0.15) is 22.6 Å². The van der Waals surface area contributed by atoms with Gasteiger partial charge < -0.3 is 10.5 Å². The van der Waals surface area contributed by atoms with E-state index in [2.05, 4.69) is 0 Å². The predicted octanol–water partition coefficient (Wildman–Crippen LogP) is 1.56. The highest BCUT2D eigenvalue weighted by Crippen LogP contribution is 2.29. The van der Waals surface area contributed by atoms with Crippen molar-refractivity contribution in [3.05, 3.63) is 15.8 Å². The molecule has 2 N–H and O–H groups in total. The van der Waals surface area contributed by atoms with Gasteiger partial charge in [0.2, 0.25) is 10.0 Å². The van der Waals surface area contributed by atoms with Crippen LogP contribution in [0.5, 0.6) is 0 Å². The lowest BCUT2D eigenvalue weighted by molar-refractivity contribution is 0.117. The molecular weight excluding hydrogens is 296 g/mol. The molecule has 0 aliphatic heterocycles. The number of rotatable bonds is 8. The molecule has 0 amide bonds. The van der Waals surface area contributed by atoms with Crippen LogP contribution in [0.25, 0.3) is 0 Å². The highest BCUT2D eigenvalue weighted by molar-refractivity contribution is 7.89. The number of ether oxygens (including phenoxy) is 1. The first-order valence-electron chi connectivity index (χ1n) is 6.78. The fourth-order valence-corrected chi connectivity index (χ4v) is 4.53. The van der Waals surface area contributed by atoms with E-state index in [1.54, 1.807) is 13.1 Å². The van der Waals surface area contributed by atoms with Crippen molar-refractivity contribution in [2.45, 2.75) is 31.2 Å². The summed E-state index contributed by atoms with van der Waals surface area (Å²) in [4.78, 5) is 2.04. The zero-order valence-corrected chi connectivity index (χ0v) is 13.6. The summed E-state index contributed by atoms with van der Waals surface area (Å²) in [5, 5.41) is 0. The van der Waals surface area contributed by atoms with Crippen LogP contribution in [0.4, 0.5) is 0 Å². The first-order chi connectivity index (χ1) is 9.45. The minimum absolute atomic E-state index is 0.368. The molecule has 20 heavy (non-hydrogen) atoms. The van der Waals surface area contributed by atoms with Crippen LogP contribution in [0.15, 0.2) is 11.0 Å². The molecule has 0 bridgehead atoms. The quantitative estimate of drug-likeness (QED) is 0.738. The summed E-state index contributed by atoms with van der Waals surface area (Å²) in [5.74, 6) is 0.697. The van der Waals surface area contributed by atoms with E-state index < -0.39 is 10.0 Å². The molecule has 1 aliphatic rings. The summed E-state index contributed by atoms with van der Waals surface area (Å²) in [6, 6.07) is 1.68. The molecule has 0 atom stereocenters. The summed E-state index contributed by atoms with van der Waals surface area (Å²) in [6.07, 6.45) is 2.48. The third-order valence-electron chi connectivity index (χ3n) is 3.41. The molecule has 1 fully saturated rings. The molecule has 0 saturated heterocycles. The SMILES string of the molecule is Cc1sc(CN)cc1S(=O)(=O)N(C)CCOCC1CC1. The molecule has 0 spiro atoms. The summed E-state index contributed by atoms with van der Waals surface area (Å²) in [5.41, 5.74) is 5.57. The monoisotopic (exact) mass is 318 g/mol. The van der Waals surface area contributed by atoms with Crippen molar-refractivity contribution in [3.63, 3.8) is 0 Å². The third kappa shape index (κ3) is 3.79. The van der Waals surface area contributed by atoms with Gasteiger partial charge in [0.25, 0.3) is 0 Å². The Morgan fingerprint density at radius 3 is 2.75 bits per heavy atom. The van der Waals surface area contributed by atoms with Crippen LogP contribution < -0.4 is 5.73 Å². The second-order valence-electron chi connectivity index (χ2n) is 5.18. The molecule has 1 aromatic rings. The molecule has 7 heteroatoms. The molecule has 114 valence electrons. The average molecular weight is 318 g/mol. The zero-order valence-electron chi connectivity index (χ0n) is 12.0. The lowest BCUT2D eigenvalue weighted by Gasteiger charge is -2.17. The van der Waals surface area contributed by atoms with Crippen LogP contribution in [0.3, 0.4) is 0 Å². The van der Waals surface area contributed by atoms with Gasteiger partial charge in [-0.2, -0.15) is 4.31 Å². The zero-order chi connectivity index (χ0) is 14.8. The first kappa shape index (κ1) is 15.9. The minimum Gasteiger partial charge on any atom is -0.380 e. The number of hydrogen-bond donors (Lipinski definition) is 1. The van der Waals surface area contributed by atoms with Gasteiger partial charge in [-0.25, -0.2) is 8.42 Å². The van der Waals surface area contributed by atoms with Gasteiger partial charge in [0.05, 0.1) is 11.5 Å². The van der Waals surface area contributed by atoms with Gasteiger partial charge in [-0.05, 0) is 31.7 Å². The number of nitrogens with two attached hydrogens (primary N) is 1. The van der Waals surface area contributed by atoms with E-state index in [0.29, 0.717) is 30.5 Å². The maximum absolute atomic E-state index is 12.5. The smallest absolute Gasteiger partial charge is 0.244 e. The highest BCUT2D eigenvalue weighted by atomic mass is 32.2. The summed E-state index contributed by atoms with van der Waals surface area (Å²) in [6.45, 7) is 3.76. The van der Waals surface area contributed by atoms with E-state index in [4.69, 9.17) is 10.5 Å². The topological polar surface area (TPSA) is 72.6 Å². The number of likely N-dealkylation sites (N-methyl/N-ethyl adjacent to an activating group) is 1. The fourth-order valence-electron chi connectivity index (χ4n) is 1.90. The molecule has 0 radical (unpaired) electrons. The normalized spacial score (nSPS) is 16.0. The van der Waals surface area contributed by atoms with Crippen molar-refractivity contribution < 1.29 is 13.2 Å². The van der Waals surface area contributed by atoms with Crippen molar-refractivity contribution in [2.75, 3.05) is 26.8 Å². The largest absolute Gasteiger partial charge is 0.380 e. The number of hydrogen-bond acceptors (Lipinski definition) is 5. The number of thiophene rings is 1. The average Bonchev–Trinajstić information content (AvgIpc) is 3.15. The van der Waals surface area contributed by atoms with Crippen LogP contribution in [-0.2, 0) is 21.3 Å². The van der Waals surface area contributed by atoms with E-state index in [-0.39, 0.29) is 0 Å². The van der Waals surface area contributed by atoms with E-state index >= 15 is 0 Å². The molecule has 1 heterocycles. The first-order valence-corrected chi connectivity index (χ1v) is 9.04. The lowest BCUT2D eigenvalue weighted by Crippen LogP contribution is -2.30. The van der Waals surface area contributed by atoms with Crippen LogP contribution in [-0.4, -0.2) is 39.5 Å². The Balaban J connectivity index is 1.94. The number of sulfonamides is 1. The standard InChI is InChI=1S/C13H22N2O3S2/c1-10-13(7-12(8-14)19-10)20(16,17)15(2)5-6-18-9-11-3-4-11/h7,11H,3-6,8-9,14H2,1-2H3. The molecule has 2 rings (SSSR count). The Morgan fingerprint density at radius 1 is 1.50 bits per heavy atom. The summed E-state index contributed by atoms with van der Waals surface area (Å²) < 4.78 is 31.8. The van der Waals surface area contributed by atoms with Gasteiger partial charge in [0.15, 0.2) is 0 Å². The Kier molecular flexibility index (Phi) is 5.19. The Bertz CT molecular complexity index is 550. The van der Waals surface area contributed by atoms with Gasteiger partial charge in [-0.1, -0.05) is 0 Å². The Labute approximate surface area is 124 Å². The van der Waals surface area contributed by atoms with Crippen LogP contribution in [0.2, 0.25) is 0 Å². The molecular formula is C13H22N2O3S2. The van der Waals surface area contributed by atoms with Crippen LogP contribution >= 0.6 is 11.3 Å². The van der Waals surface area contributed by atoms with Gasteiger partial charge in [-0.3, -0.25) is 0 Å². The molecule has 5 nitrogen and oxygen atoms in total. The Morgan fingerprint density at radius 2 is 2.20 bits per heavy atom. The molecule has 1 saturated carbocycles. The molecule has 0 unspecified atom stereocenters.